The largest absolute Gasteiger partial charge is 0.493 e. The highest BCUT2D eigenvalue weighted by Crippen LogP contribution is 2.36. The number of benzene rings is 2. The lowest BCUT2D eigenvalue weighted by molar-refractivity contribution is -0.122. The van der Waals surface area contributed by atoms with E-state index >= 15 is 0 Å². The molecule has 3 rings (SSSR count). The van der Waals surface area contributed by atoms with E-state index in [0.717, 1.165) is 22.9 Å². The molecule has 29 heavy (non-hydrogen) atoms. The number of aryl methyl sites for hydroxylation is 1. The van der Waals surface area contributed by atoms with Crippen LogP contribution in [0.25, 0.3) is 0 Å². The highest BCUT2D eigenvalue weighted by atomic mass is 79.9. The molecule has 154 valence electrons. The maximum absolute atomic E-state index is 13.1. The Kier molecular flexibility index (Phi) is 6.85. The summed E-state index contributed by atoms with van der Waals surface area (Å²) in [6, 6.07) is 12.8. The summed E-state index contributed by atoms with van der Waals surface area (Å²) in [7, 11) is 0. The molecular weight excluding hydrogens is 456 g/mol. The Labute approximate surface area is 184 Å². The molecule has 0 bridgehead atoms. The molecule has 0 aliphatic carbocycles. The number of carbonyl (C=O) groups is 2. The Balaban J connectivity index is 1.79. The number of primary amides is 1. The average Bonchev–Trinajstić information content (AvgIpc) is 2.68. The van der Waals surface area contributed by atoms with Crippen LogP contribution in [0.5, 0.6) is 5.75 Å². The van der Waals surface area contributed by atoms with Crippen LogP contribution >= 0.6 is 27.5 Å². The van der Waals surface area contributed by atoms with Gasteiger partial charge in [0.15, 0.2) is 0 Å². The summed E-state index contributed by atoms with van der Waals surface area (Å²) in [5, 5.41) is 0.673. The Morgan fingerprint density at radius 2 is 2.03 bits per heavy atom. The number of piperidine rings is 1. The van der Waals surface area contributed by atoms with Gasteiger partial charge < -0.3 is 15.4 Å². The lowest BCUT2D eigenvalue weighted by Crippen LogP contribution is -2.50. The second-order valence-corrected chi connectivity index (χ2v) is 8.91. The number of hydrogen-bond donors (Lipinski definition) is 1. The van der Waals surface area contributed by atoms with Crippen LogP contribution in [0, 0.1) is 12.3 Å². The topological polar surface area (TPSA) is 72.6 Å². The molecule has 0 aromatic heterocycles. The summed E-state index contributed by atoms with van der Waals surface area (Å²) in [6.45, 7) is 3.27. The zero-order chi connectivity index (χ0) is 21.0. The molecule has 1 heterocycles. The molecule has 1 aliphatic rings. The van der Waals surface area contributed by atoms with Crippen LogP contribution < -0.4 is 10.5 Å². The van der Waals surface area contributed by atoms with Gasteiger partial charge in [-0.1, -0.05) is 23.7 Å². The summed E-state index contributed by atoms with van der Waals surface area (Å²) in [6.07, 6.45) is 1.72. The van der Waals surface area contributed by atoms with Crippen LogP contribution in [0.4, 0.5) is 0 Å². The van der Waals surface area contributed by atoms with Gasteiger partial charge in [0.2, 0.25) is 5.91 Å². The van der Waals surface area contributed by atoms with Crippen LogP contribution in [0.3, 0.4) is 0 Å². The predicted octanol–water partition coefficient (Wildman–Crippen LogP) is 4.59. The van der Waals surface area contributed by atoms with Crippen molar-refractivity contribution < 1.29 is 14.3 Å². The van der Waals surface area contributed by atoms with E-state index in [0.29, 0.717) is 36.0 Å². The van der Waals surface area contributed by atoms with Gasteiger partial charge in [-0.05, 0) is 71.6 Å². The van der Waals surface area contributed by atoms with Crippen LogP contribution in [-0.4, -0.2) is 36.4 Å². The fourth-order valence-corrected chi connectivity index (χ4v) is 4.38. The number of hydrogen-bond acceptors (Lipinski definition) is 3. The fraction of sp³-hybridized carbons (Fsp3) is 0.364. The molecular formula is C22H24BrClN2O3. The minimum Gasteiger partial charge on any atom is -0.493 e. The SMILES string of the molecule is Cc1cc(OCC2(CC(N)=O)CCCN(C(=O)c3ccccc3Br)C2)ccc1Cl. The Morgan fingerprint density at radius 1 is 1.28 bits per heavy atom. The van der Waals surface area contributed by atoms with Crippen molar-refractivity contribution in [3.05, 3.63) is 63.1 Å². The molecule has 2 N–H and O–H groups in total. The van der Waals surface area contributed by atoms with E-state index in [1.165, 1.54) is 0 Å². The van der Waals surface area contributed by atoms with Gasteiger partial charge in [0, 0.05) is 34.4 Å². The maximum Gasteiger partial charge on any atom is 0.255 e. The minimum absolute atomic E-state index is 0.0617. The van der Waals surface area contributed by atoms with E-state index in [9.17, 15) is 9.59 Å². The second-order valence-electron chi connectivity index (χ2n) is 7.65. The first kappa shape index (κ1) is 21.7. The standard InChI is InChI=1S/C22H24BrClN2O3/c1-15-11-16(7-8-19(15)24)29-14-22(12-20(25)27)9-4-10-26(13-22)21(28)17-5-2-3-6-18(17)23/h2-3,5-8,11H,4,9-10,12-14H2,1H3,(H2,25,27). The van der Waals surface area contributed by atoms with Gasteiger partial charge in [-0.2, -0.15) is 0 Å². The van der Waals surface area contributed by atoms with E-state index in [1.54, 1.807) is 23.1 Å². The number of nitrogens with two attached hydrogens (primary N) is 1. The van der Waals surface area contributed by atoms with E-state index in [4.69, 9.17) is 22.1 Å². The molecule has 1 unspecified atom stereocenters. The lowest BCUT2D eigenvalue weighted by atomic mass is 9.77. The summed E-state index contributed by atoms with van der Waals surface area (Å²) in [5.74, 6) is 0.231. The lowest BCUT2D eigenvalue weighted by Gasteiger charge is -2.42. The third kappa shape index (κ3) is 5.31. The first-order valence-corrected chi connectivity index (χ1v) is 10.7. The van der Waals surface area contributed by atoms with Gasteiger partial charge >= 0.3 is 0 Å². The molecule has 1 atom stereocenters. The Bertz CT molecular complexity index is 921. The third-order valence-corrected chi connectivity index (χ3v) is 6.39. The first-order valence-electron chi connectivity index (χ1n) is 9.51. The van der Waals surface area contributed by atoms with Gasteiger partial charge in [0.1, 0.15) is 5.75 Å². The van der Waals surface area contributed by atoms with Crippen molar-refractivity contribution in [3.8, 4) is 5.75 Å². The van der Waals surface area contributed by atoms with E-state index in [2.05, 4.69) is 15.9 Å². The molecule has 7 heteroatoms. The zero-order valence-corrected chi connectivity index (χ0v) is 18.6. The van der Waals surface area contributed by atoms with E-state index in [-0.39, 0.29) is 12.3 Å². The smallest absolute Gasteiger partial charge is 0.255 e. The van der Waals surface area contributed by atoms with Crippen molar-refractivity contribution in [2.24, 2.45) is 11.1 Å². The number of rotatable bonds is 6. The van der Waals surface area contributed by atoms with Gasteiger partial charge in [-0.15, -0.1) is 0 Å². The predicted molar refractivity (Wildman–Crippen MR) is 117 cm³/mol. The minimum atomic E-state index is -0.519. The van der Waals surface area contributed by atoms with Crippen molar-refractivity contribution >= 4 is 39.3 Å². The fourth-order valence-electron chi connectivity index (χ4n) is 3.81. The number of ether oxygens (including phenoxy) is 1. The highest BCUT2D eigenvalue weighted by molar-refractivity contribution is 9.10. The second kappa shape index (κ2) is 9.18. The van der Waals surface area contributed by atoms with Gasteiger partial charge in [0.05, 0.1) is 12.2 Å². The van der Waals surface area contributed by atoms with Crippen molar-refractivity contribution in [3.63, 3.8) is 0 Å². The number of amides is 2. The van der Waals surface area contributed by atoms with Crippen LogP contribution in [0.2, 0.25) is 5.02 Å². The third-order valence-electron chi connectivity index (χ3n) is 5.28. The van der Waals surface area contributed by atoms with Gasteiger partial charge in [0.25, 0.3) is 5.91 Å². The summed E-state index contributed by atoms with van der Waals surface area (Å²) >= 11 is 9.54. The van der Waals surface area contributed by atoms with Gasteiger partial charge in [-0.3, -0.25) is 9.59 Å². The van der Waals surface area contributed by atoms with Crippen LogP contribution in [-0.2, 0) is 4.79 Å². The van der Waals surface area contributed by atoms with Crippen LogP contribution in [0.15, 0.2) is 46.9 Å². The molecule has 0 saturated carbocycles. The van der Waals surface area contributed by atoms with E-state index in [1.807, 2.05) is 31.2 Å². The molecule has 0 spiro atoms. The molecule has 2 aromatic carbocycles. The Morgan fingerprint density at radius 3 is 2.72 bits per heavy atom. The summed E-state index contributed by atoms with van der Waals surface area (Å²) < 4.78 is 6.78. The monoisotopic (exact) mass is 478 g/mol. The molecule has 5 nitrogen and oxygen atoms in total. The van der Waals surface area contributed by atoms with Crippen molar-refractivity contribution in [1.29, 1.82) is 0 Å². The number of nitrogens with zero attached hydrogens (tertiary/aromatic N) is 1. The maximum atomic E-state index is 13.1. The summed E-state index contributed by atoms with van der Waals surface area (Å²) in [5.41, 5.74) is 6.56. The van der Waals surface area contributed by atoms with Crippen molar-refractivity contribution in [2.45, 2.75) is 26.2 Å². The van der Waals surface area contributed by atoms with Crippen LogP contribution in [0.1, 0.15) is 35.2 Å². The first-order chi connectivity index (χ1) is 13.8. The molecule has 2 amide bonds. The normalized spacial score (nSPS) is 19.1. The quantitative estimate of drug-likeness (QED) is 0.659. The Hall–Kier alpha value is -2.05. The van der Waals surface area contributed by atoms with Crippen molar-refractivity contribution in [2.75, 3.05) is 19.7 Å². The highest BCUT2D eigenvalue weighted by Gasteiger charge is 2.40. The molecule has 1 saturated heterocycles. The van der Waals surface area contributed by atoms with Gasteiger partial charge in [-0.25, -0.2) is 0 Å². The molecule has 2 aromatic rings. The average molecular weight is 480 g/mol. The zero-order valence-electron chi connectivity index (χ0n) is 16.3. The molecule has 1 fully saturated rings. The van der Waals surface area contributed by atoms with Crippen molar-refractivity contribution in [1.82, 2.24) is 4.90 Å². The van der Waals surface area contributed by atoms with E-state index < -0.39 is 11.3 Å². The molecule has 1 aliphatic heterocycles. The number of likely N-dealkylation sites (tertiary alicyclic amines) is 1. The molecule has 0 radical (unpaired) electrons. The summed E-state index contributed by atoms with van der Waals surface area (Å²) in [4.78, 5) is 26.7. The number of carbonyl (C=O) groups excluding carboxylic acids is 2. The number of halogens is 2.